The number of nitrogens with one attached hydrogen (secondary N) is 2. The standard InChI is InChI=1S/C34H36N2O2/c1-38-32-14-8-13-30(23-32)34(25-36-33(37)29-11-6-3-7-12-29)21-19-31(20-22-34)35-24-26-15-17-28(18-16-26)27-9-4-2-5-10-27/h2-18,23,31,35H,19-22,24-25H2,1H3,(H,36,37)/t31-,34-. The zero-order chi connectivity index (χ0) is 26.2. The smallest absolute Gasteiger partial charge is 0.251 e. The summed E-state index contributed by atoms with van der Waals surface area (Å²) in [4.78, 5) is 12.9. The van der Waals surface area contributed by atoms with E-state index in [1.807, 2.05) is 42.5 Å². The lowest BCUT2D eigenvalue weighted by Gasteiger charge is -2.41. The van der Waals surface area contributed by atoms with Gasteiger partial charge in [0.2, 0.25) is 0 Å². The topological polar surface area (TPSA) is 50.4 Å². The summed E-state index contributed by atoms with van der Waals surface area (Å²) < 4.78 is 5.53. The van der Waals surface area contributed by atoms with Crippen LogP contribution in [0.15, 0.2) is 109 Å². The van der Waals surface area contributed by atoms with Gasteiger partial charge in [-0.3, -0.25) is 4.79 Å². The summed E-state index contributed by atoms with van der Waals surface area (Å²) in [6.45, 7) is 1.47. The molecule has 1 saturated carbocycles. The molecule has 1 aliphatic rings. The summed E-state index contributed by atoms with van der Waals surface area (Å²) in [5.41, 5.74) is 5.60. The van der Waals surface area contributed by atoms with Crippen LogP contribution >= 0.6 is 0 Å². The van der Waals surface area contributed by atoms with E-state index in [1.54, 1.807) is 7.11 Å². The van der Waals surface area contributed by atoms with E-state index < -0.39 is 0 Å². The van der Waals surface area contributed by atoms with Crippen LogP contribution < -0.4 is 15.4 Å². The minimum Gasteiger partial charge on any atom is -0.497 e. The first-order valence-corrected chi connectivity index (χ1v) is 13.5. The average molecular weight is 505 g/mol. The van der Waals surface area contributed by atoms with Crippen LogP contribution in [-0.4, -0.2) is 25.6 Å². The molecule has 2 N–H and O–H groups in total. The summed E-state index contributed by atoms with van der Waals surface area (Å²) in [5.74, 6) is 0.836. The molecular formula is C34H36N2O2. The Hall–Kier alpha value is -3.89. The van der Waals surface area contributed by atoms with Crippen molar-refractivity contribution >= 4 is 5.91 Å². The number of benzene rings is 4. The van der Waals surface area contributed by atoms with Gasteiger partial charge in [-0.25, -0.2) is 0 Å². The van der Waals surface area contributed by atoms with Gasteiger partial charge in [-0.15, -0.1) is 0 Å². The highest BCUT2D eigenvalue weighted by molar-refractivity contribution is 5.94. The molecule has 1 aliphatic carbocycles. The van der Waals surface area contributed by atoms with Crippen molar-refractivity contribution in [1.82, 2.24) is 10.6 Å². The Morgan fingerprint density at radius 3 is 2.16 bits per heavy atom. The van der Waals surface area contributed by atoms with Gasteiger partial charge in [-0.1, -0.05) is 84.9 Å². The van der Waals surface area contributed by atoms with Crippen LogP contribution in [0.1, 0.15) is 47.2 Å². The summed E-state index contributed by atoms with van der Waals surface area (Å²) in [6.07, 6.45) is 4.11. The lowest BCUT2D eigenvalue weighted by molar-refractivity contribution is 0.0934. The number of rotatable bonds is 9. The lowest BCUT2D eigenvalue weighted by atomic mass is 9.68. The van der Waals surface area contributed by atoms with Crippen LogP contribution in [0.25, 0.3) is 11.1 Å². The minimum atomic E-state index is -0.117. The Morgan fingerprint density at radius 1 is 0.816 bits per heavy atom. The molecule has 0 heterocycles. The maximum absolute atomic E-state index is 12.9. The van der Waals surface area contributed by atoms with E-state index in [4.69, 9.17) is 4.74 Å². The predicted molar refractivity (Wildman–Crippen MR) is 154 cm³/mol. The third-order valence-electron chi connectivity index (χ3n) is 7.90. The predicted octanol–water partition coefficient (Wildman–Crippen LogP) is 6.76. The Bertz CT molecular complexity index is 1310. The Balaban J connectivity index is 1.22. The average Bonchev–Trinajstić information content (AvgIpc) is 3.00. The second kappa shape index (κ2) is 12.1. The van der Waals surface area contributed by atoms with Gasteiger partial charge in [0, 0.05) is 30.1 Å². The van der Waals surface area contributed by atoms with Crippen LogP contribution in [0, 0.1) is 0 Å². The molecule has 0 spiro atoms. The van der Waals surface area contributed by atoms with Crippen LogP contribution in [0.5, 0.6) is 5.75 Å². The Morgan fingerprint density at radius 2 is 1.47 bits per heavy atom. The second-order valence-electron chi connectivity index (χ2n) is 10.3. The SMILES string of the molecule is COc1cccc([C@]2(CNC(=O)c3ccccc3)CC[C@@H](NCc3ccc(-c4ccccc4)cc3)CC2)c1. The molecule has 5 rings (SSSR count). The first-order valence-electron chi connectivity index (χ1n) is 13.5. The van der Waals surface area contributed by atoms with Crippen LogP contribution in [0.4, 0.5) is 0 Å². The van der Waals surface area contributed by atoms with Crippen molar-refractivity contribution < 1.29 is 9.53 Å². The molecule has 0 unspecified atom stereocenters. The van der Waals surface area contributed by atoms with E-state index in [-0.39, 0.29) is 11.3 Å². The third-order valence-corrected chi connectivity index (χ3v) is 7.90. The molecule has 194 valence electrons. The molecule has 1 fully saturated rings. The van der Waals surface area contributed by atoms with Crippen LogP contribution in [0.2, 0.25) is 0 Å². The maximum Gasteiger partial charge on any atom is 0.251 e. The molecular weight excluding hydrogens is 468 g/mol. The van der Waals surface area contributed by atoms with E-state index in [1.165, 1.54) is 22.3 Å². The zero-order valence-electron chi connectivity index (χ0n) is 22.0. The van der Waals surface area contributed by atoms with E-state index in [9.17, 15) is 4.79 Å². The number of hydrogen-bond donors (Lipinski definition) is 2. The molecule has 0 radical (unpaired) electrons. The van der Waals surface area contributed by atoms with Gasteiger partial charge in [0.25, 0.3) is 5.91 Å². The highest BCUT2D eigenvalue weighted by Crippen LogP contribution is 2.40. The lowest BCUT2D eigenvalue weighted by Crippen LogP contribution is -2.46. The monoisotopic (exact) mass is 504 g/mol. The van der Waals surface area contributed by atoms with Crippen molar-refractivity contribution in [3.63, 3.8) is 0 Å². The van der Waals surface area contributed by atoms with Gasteiger partial charge >= 0.3 is 0 Å². The van der Waals surface area contributed by atoms with Gasteiger partial charge in [0.05, 0.1) is 7.11 Å². The molecule has 4 aromatic carbocycles. The third kappa shape index (κ3) is 6.15. The molecule has 38 heavy (non-hydrogen) atoms. The number of methoxy groups -OCH3 is 1. The first kappa shape index (κ1) is 25.7. The van der Waals surface area contributed by atoms with Crippen molar-refractivity contribution in [2.75, 3.05) is 13.7 Å². The van der Waals surface area contributed by atoms with Crippen molar-refractivity contribution in [2.24, 2.45) is 0 Å². The fourth-order valence-corrected chi connectivity index (χ4v) is 5.54. The normalized spacial score (nSPS) is 19.0. The highest BCUT2D eigenvalue weighted by atomic mass is 16.5. The number of carbonyl (C=O) groups excluding carboxylic acids is 1. The number of amides is 1. The highest BCUT2D eigenvalue weighted by Gasteiger charge is 2.37. The first-order chi connectivity index (χ1) is 18.6. The number of hydrogen-bond acceptors (Lipinski definition) is 3. The van der Waals surface area contributed by atoms with Crippen molar-refractivity contribution in [1.29, 1.82) is 0 Å². The molecule has 0 atom stereocenters. The Labute approximate surface area is 226 Å². The van der Waals surface area contributed by atoms with Crippen molar-refractivity contribution in [3.8, 4) is 16.9 Å². The van der Waals surface area contributed by atoms with E-state index in [0.717, 1.165) is 38.0 Å². The number of ether oxygens (including phenoxy) is 1. The summed E-state index contributed by atoms with van der Waals surface area (Å²) in [5, 5.41) is 7.02. The van der Waals surface area contributed by atoms with E-state index in [0.29, 0.717) is 18.2 Å². The van der Waals surface area contributed by atoms with Gasteiger partial charge < -0.3 is 15.4 Å². The minimum absolute atomic E-state index is 0.0212. The fraction of sp³-hybridized carbons (Fsp3) is 0.265. The molecule has 4 aromatic rings. The Kier molecular flexibility index (Phi) is 8.20. The molecule has 4 nitrogen and oxygen atoms in total. The second-order valence-corrected chi connectivity index (χ2v) is 10.3. The van der Waals surface area contributed by atoms with Gasteiger partial charge in [0.15, 0.2) is 0 Å². The van der Waals surface area contributed by atoms with Crippen LogP contribution in [-0.2, 0) is 12.0 Å². The largest absolute Gasteiger partial charge is 0.497 e. The molecule has 0 aromatic heterocycles. The van der Waals surface area contributed by atoms with Crippen molar-refractivity contribution in [2.45, 2.75) is 43.7 Å². The molecule has 4 heteroatoms. The van der Waals surface area contributed by atoms with Crippen molar-refractivity contribution in [3.05, 3.63) is 126 Å². The molecule has 0 aliphatic heterocycles. The quantitative estimate of drug-likeness (QED) is 0.265. The number of carbonyl (C=O) groups is 1. The fourth-order valence-electron chi connectivity index (χ4n) is 5.54. The molecule has 1 amide bonds. The van der Waals surface area contributed by atoms with E-state index >= 15 is 0 Å². The molecule has 0 saturated heterocycles. The molecule has 0 bridgehead atoms. The van der Waals surface area contributed by atoms with Crippen LogP contribution in [0.3, 0.4) is 0 Å². The van der Waals surface area contributed by atoms with Gasteiger partial charge in [-0.2, -0.15) is 0 Å². The maximum atomic E-state index is 12.9. The van der Waals surface area contributed by atoms with E-state index in [2.05, 4.69) is 77.4 Å². The van der Waals surface area contributed by atoms with Gasteiger partial charge in [0.1, 0.15) is 5.75 Å². The zero-order valence-corrected chi connectivity index (χ0v) is 22.0. The van der Waals surface area contributed by atoms with Gasteiger partial charge in [-0.05, 0) is 72.2 Å². The summed E-state index contributed by atoms with van der Waals surface area (Å²) in [7, 11) is 1.70. The summed E-state index contributed by atoms with van der Waals surface area (Å²) in [6, 6.07) is 37.6. The summed E-state index contributed by atoms with van der Waals surface area (Å²) >= 11 is 0.